The summed E-state index contributed by atoms with van der Waals surface area (Å²) in [6, 6.07) is 0. The number of quaternary nitrogens is 1. The van der Waals surface area contributed by atoms with Gasteiger partial charge in [-0.25, -0.2) is 4.57 Å². The molecule has 0 amide bonds. The molecule has 0 aliphatic heterocycles. The van der Waals surface area contributed by atoms with Gasteiger partial charge in [0, 0.05) is 12.8 Å². The molecule has 0 aromatic rings. The number of ether oxygens (including phenoxy) is 2. The zero-order chi connectivity index (χ0) is 61.2. The fraction of sp³-hybridized carbons (Fsp3) is 0.676. The van der Waals surface area contributed by atoms with E-state index in [9.17, 15) is 19.0 Å². The summed E-state index contributed by atoms with van der Waals surface area (Å²) in [5, 5.41) is 0. The molecule has 10 heteroatoms. The van der Waals surface area contributed by atoms with E-state index in [2.05, 4.69) is 148 Å². The third-order valence-corrected chi connectivity index (χ3v) is 15.2. The Labute approximate surface area is 517 Å². The van der Waals surface area contributed by atoms with E-state index in [0.29, 0.717) is 17.4 Å². The summed E-state index contributed by atoms with van der Waals surface area (Å²) >= 11 is 0. The molecule has 0 radical (unpaired) electrons. The van der Waals surface area contributed by atoms with E-state index in [0.717, 1.165) is 109 Å². The lowest BCUT2D eigenvalue weighted by atomic mass is 10.0. The molecule has 0 fully saturated rings. The van der Waals surface area contributed by atoms with Gasteiger partial charge in [-0.2, -0.15) is 0 Å². The summed E-state index contributed by atoms with van der Waals surface area (Å²) in [5.74, 6) is -0.835. The standard InChI is InChI=1S/C74H126NO8P/c1-6-8-10-12-14-16-18-20-22-24-26-28-30-31-32-33-34-35-36-37-38-39-40-41-42-43-45-47-49-51-53-55-57-59-61-63-65-67-74(77)83-72(71-82-84(78,79)81-69-68-75(3,4)5)70-80-73(76)66-64-62-60-58-56-54-52-50-48-46-44-29-27-25-23-21-19-17-15-13-11-9-7-2/h8,10,14,16,20,22,26,28,31-32,34-35,37-38,40-41,43,45,49,51,55,57,72H,6-7,9,11-13,15,17-19,21,23-25,27,29-30,33,36,39,42,44,46-48,50,52-54,56,58-71H2,1-5H3/p+1/b10-8-,16-14-,22-20-,28-26-,32-31-,35-34-,38-37-,41-40-,45-43-,51-49-,57-55-. The minimum absolute atomic E-state index is 0.0194. The normalized spacial score (nSPS) is 14.0. The number of hydrogen-bond donors (Lipinski definition) is 1. The fourth-order valence-electron chi connectivity index (χ4n) is 9.02. The molecule has 0 spiro atoms. The van der Waals surface area contributed by atoms with Crippen molar-refractivity contribution in [1.82, 2.24) is 0 Å². The van der Waals surface area contributed by atoms with Gasteiger partial charge in [0.05, 0.1) is 27.7 Å². The van der Waals surface area contributed by atoms with Crippen LogP contribution in [0.4, 0.5) is 0 Å². The Kier molecular flexibility index (Phi) is 60.7. The zero-order valence-corrected chi connectivity index (χ0v) is 55.5. The van der Waals surface area contributed by atoms with Crippen molar-refractivity contribution in [2.24, 2.45) is 0 Å². The van der Waals surface area contributed by atoms with E-state index in [-0.39, 0.29) is 32.0 Å². The third-order valence-electron chi connectivity index (χ3n) is 14.2. The molecule has 480 valence electrons. The maximum Gasteiger partial charge on any atom is 0.472 e. The van der Waals surface area contributed by atoms with Gasteiger partial charge in [-0.15, -0.1) is 0 Å². The maximum absolute atomic E-state index is 12.9. The number of rotatable bonds is 61. The molecule has 0 aliphatic rings. The van der Waals surface area contributed by atoms with Crippen molar-refractivity contribution >= 4 is 19.8 Å². The molecule has 9 nitrogen and oxygen atoms in total. The first kappa shape index (κ1) is 80.2. The van der Waals surface area contributed by atoms with Gasteiger partial charge in [0.25, 0.3) is 0 Å². The van der Waals surface area contributed by atoms with Crippen LogP contribution < -0.4 is 0 Å². The van der Waals surface area contributed by atoms with E-state index in [4.69, 9.17) is 18.5 Å². The van der Waals surface area contributed by atoms with Crippen LogP contribution in [0.25, 0.3) is 0 Å². The number of esters is 2. The third kappa shape index (κ3) is 67.3. The average Bonchev–Trinajstić information content (AvgIpc) is 3.61. The minimum Gasteiger partial charge on any atom is -0.462 e. The van der Waals surface area contributed by atoms with Crippen LogP contribution in [0, 0.1) is 0 Å². The highest BCUT2D eigenvalue weighted by Crippen LogP contribution is 2.43. The second-order valence-electron chi connectivity index (χ2n) is 23.5. The van der Waals surface area contributed by atoms with Gasteiger partial charge < -0.3 is 18.9 Å². The lowest BCUT2D eigenvalue weighted by Crippen LogP contribution is -2.37. The van der Waals surface area contributed by atoms with E-state index in [1.54, 1.807) is 0 Å². The van der Waals surface area contributed by atoms with E-state index < -0.39 is 26.5 Å². The summed E-state index contributed by atoms with van der Waals surface area (Å²) in [7, 11) is 1.44. The Bertz CT molecular complexity index is 1880. The zero-order valence-electron chi connectivity index (χ0n) is 54.6. The number of carbonyl (C=O) groups is 2. The molecule has 0 saturated carbocycles. The van der Waals surface area contributed by atoms with Gasteiger partial charge in [-0.3, -0.25) is 18.6 Å². The van der Waals surface area contributed by atoms with Crippen LogP contribution in [-0.2, 0) is 32.7 Å². The van der Waals surface area contributed by atoms with Crippen molar-refractivity contribution < 1.29 is 42.1 Å². The largest absolute Gasteiger partial charge is 0.472 e. The quantitative estimate of drug-likeness (QED) is 0.0211. The lowest BCUT2D eigenvalue weighted by Gasteiger charge is -2.24. The summed E-state index contributed by atoms with van der Waals surface area (Å²) in [4.78, 5) is 35.8. The molecule has 0 aromatic heterocycles. The molecule has 0 aliphatic carbocycles. The van der Waals surface area contributed by atoms with E-state index >= 15 is 0 Å². The van der Waals surface area contributed by atoms with Crippen LogP contribution in [0.1, 0.15) is 271 Å². The molecular weight excluding hydrogens is 1060 g/mol. The average molecular weight is 1190 g/mol. The van der Waals surface area contributed by atoms with Crippen LogP contribution in [0.5, 0.6) is 0 Å². The number of nitrogens with zero attached hydrogens (tertiary/aromatic N) is 1. The Morgan fingerprint density at radius 1 is 0.381 bits per heavy atom. The number of unbranched alkanes of at least 4 members (excludes halogenated alkanes) is 25. The van der Waals surface area contributed by atoms with Crippen molar-refractivity contribution in [2.75, 3.05) is 47.5 Å². The van der Waals surface area contributed by atoms with Crippen LogP contribution in [0.2, 0.25) is 0 Å². The summed E-state index contributed by atoms with van der Waals surface area (Å²) < 4.78 is 34.6. The first-order chi connectivity index (χ1) is 41.0. The molecule has 1 N–H and O–H groups in total. The van der Waals surface area contributed by atoms with Crippen molar-refractivity contribution in [3.8, 4) is 0 Å². The molecule has 0 rings (SSSR count). The first-order valence-electron chi connectivity index (χ1n) is 33.9. The van der Waals surface area contributed by atoms with Gasteiger partial charge in [0.15, 0.2) is 6.10 Å². The molecular formula is C74H127NO8P+. The highest BCUT2D eigenvalue weighted by atomic mass is 31.2. The smallest absolute Gasteiger partial charge is 0.462 e. The number of carbonyl (C=O) groups excluding carboxylic acids is 2. The fourth-order valence-corrected chi connectivity index (χ4v) is 9.76. The molecule has 84 heavy (non-hydrogen) atoms. The molecule has 0 saturated heterocycles. The maximum atomic E-state index is 12.9. The van der Waals surface area contributed by atoms with E-state index in [1.165, 1.54) is 128 Å². The predicted octanol–water partition coefficient (Wildman–Crippen LogP) is 22.0. The Balaban J connectivity index is 4.20. The number of likely N-dealkylation sites (N-methyl/N-ethyl adjacent to an activating group) is 1. The number of phosphoric ester groups is 1. The SMILES string of the molecule is CC/C=C\C/C=C\C/C=C\C/C=C\C/C=C\C/C=C\C/C=C\C/C=C\C/C=C\C/C=C\C/C=C\CCCCCC(=O)OC(COC(=O)CCCCCCCCCCCCCCCCCCCCCCCCC)COP(=O)(O)OCC[N+](C)(C)C. The first-order valence-corrected chi connectivity index (χ1v) is 35.4. The van der Waals surface area contributed by atoms with Crippen molar-refractivity contribution in [3.63, 3.8) is 0 Å². The lowest BCUT2D eigenvalue weighted by molar-refractivity contribution is -0.870. The summed E-state index contributed by atoms with van der Waals surface area (Å²) in [6.07, 6.45) is 92.6. The predicted molar refractivity (Wildman–Crippen MR) is 362 cm³/mol. The summed E-state index contributed by atoms with van der Waals surface area (Å²) in [6.45, 7) is 4.30. The van der Waals surface area contributed by atoms with Crippen molar-refractivity contribution in [2.45, 2.75) is 277 Å². The van der Waals surface area contributed by atoms with Crippen LogP contribution >= 0.6 is 7.82 Å². The monoisotopic (exact) mass is 1190 g/mol. The highest BCUT2D eigenvalue weighted by molar-refractivity contribution is 7.47. The minimum atomic E-state index is -4.41. The van der Waals surface area contributed by atoms with Crippen LogP contribution in [0.15, 0.2) is 134 Å². The van der Waals surface area contributed by atoms with Gasteiger partial charge in [-0.1, -0.05) is 295 Å². The number of hydrogen-bond acceptors (Lipinski definition) is 7. The number of phosphoric acid groups is 1. The Hall–Kier alpha value is -3.85. The molecule has 2 atom stereocenters. The second-order valence-corrected chi connectivity index (χ2v) is 24.9. The Morgan fingerprint density at radius 2 is 0.679 bits per heavy atom. The van der Waals surface area contributed by atoms with Gasteiger partial charge in [0.1, 0.15) is 19.8 Å². The molecule has 0 aromatic carbocycles. The molecule has 0 bridgehead atoms. The Morgan fingerprint density at radius 3 is 1.01 bits per heavy atom. The highest BCUT2D eigenvalue weighted by Gasteiger charge is 2.27. The van der Waals surface area contributed by atoms with Gasteiger partial charge in [-0.05, 0) is 96.3 Å². The van der Waals surface area contributed by atoms with Gasteiger partial charge >= 0.3 is 19.8 Å². The van der Waals surface area contributed by atoms with Crippen LogP contribution in [-0.4, -0.2) is 74.9 Å². The van der Waals surface area contributed by atoms with Crippen molar-refractivity contribution in [1.29, 1.82) is 0 Å². The van der Waals surface area contributed by atoms with E-state index in [1.807, 2.05) is 21.1 Å². The number of allylic oxidation sites excluding steroid dienone is 22. The van der Waals surface area contributed by atoms with Crippen LogP contribution in [0.3, 0.4) is 0 Å². The molecule has 0 heterocycles. The summed E-state index contributed by atoms with van der Waals surface area (Å²) in [5.41, 5.74) is 0. The van der Waals surface area contributed by atoms with Gasteiger partial charge in [0.2, 0.25) is 0 Å². The second kappa shape index (κ2) is 63.6. The van der Waals surface area contributed by atoms with Crippen molar-refractivity contribution in [3.05, 3.63) is 134 Å². The molecule has 2 unspecified atom stereocenters. The topological polar surface area (TPSA) is 108 Å².